The zero-order valence-electron chi connectivity index (χ0n) is 8.48. The van der Waals surface area contributed by atoms with Crippen molar-refractivity contribution in [3.8, 4) is 0 Å². The van der Waals surface area contributed by atoms with Crippen LogP contribution in [0.25, 0.3) is 0 Å². The van der Waals surface area contributed by atoms with Gasteiger partial charge in [0.15, 0.2) is 0 Å². The van der Waals surface area contributed by atoms with Crippen LogP contribution in [0.4, 0.5) is 5.13 Å². The molecule has 0 unspecified atom stereocenters. The normalized spacial score (nSPS) is 15.3. The summed E-state index contributed by atoms with van der Waals surface area (Å²) in [6, 6.07) is 0. The predicted octanol–water partition coefficient (Wildman–Crippen LogP) is 0.0510. The van der Waals surface area contributed by atoms with Gasteiger partial charge in [-0.05, 0) is 6.92 Å². The van der Waals surface area contributed by atoms with Crippen LogP contribution in [-0.2, 0) is 9.59 Å². The maximum absolute atomic E-state index is 11.6. The van der Waals surface area contributed by atoms with Crippen molar-refractivity contribution >= 4 is 34.2 Å². The van der Waals surface area contributed by atoms with Crippen LogP contribution in [0.1, 0.15) is 18.7 Å². The molecule has 1 aliphatic heterocycles. The van der Waals surface area contributed by atoms with E-state index in [1.165, 1.54) is 0 Å². The molecule has 2 heterocycles. The monoisotopic (exact) mass is 239 g/mol. The van der Waals surface area contributed by atoms with E-state index in [4.69, 9.17) is 0 Å². The predicted molar refractivity (Wildman–Crippen MR) is 58.1 cm³/mol. The van der Waals surface area contributed by atoms with Gasteiger partial charge in [-0.1, -0.05) is 0 Å². The molecular formula is C8H9N5O2S. The molecule has 0 bridgehead atoms. The lowest BCUT2D eigenvalue weighted by Gasteiger charge is -2.10. The molecule has 0 atom stereocenters. The van der Waals surface area contributed by atoms with E-state index in [0.29, 0.717) is 23.1 Å². The molecule has 1 aliphatic rings. The second kappa shape index (κ2) is 4.35. The molecule has 1 aromatic heterocycles. The summed E-state index contributed by atoms with van der Waals surface area (Å²) in [5.41, 5.74) is 2.56. The minimum atomic E-state index is -0.351. The Kier molecular flexibility index (Phi) is 2.91. The lowest BCUT2D eigenvalue weighted by Crippen LogP contribution is -2.32. The number of aromatic nitrogens is 2. The van der Waals surface area contributed by atoms with Crippen LogP contribution < -0.4 is 10.7 Å². The van der Waals surface area contributed by atoms with Crippen LogP contribution in [0.2, 0.25) is 0 Å². The molecule has 16 heavy (non-hydrogen) atoms. The van der Waals surface area contributed by atoms with Gasteiger partial charge in [0.05, 0.1) is 0 Å². The fraction of sp³-hybridized carbons (Fsp3) is 0.375. The first-order valence-corrected chi connectivity index (χ1v) is 5.39. The molecule has 2 N–H and O–H groups in total. The van der Waals surface area contributed by atoms with E-state index in [9.17, 15) is 9.59 Å². The highest BCUT2D eigenvalue weighted by Gasteiger charge is 2.19. The van der Waals surface area contributed by atoms with E-state index in [2.05, 4.69) is 25.2 Å². The Hall–Kier alpha value is -1.83. The molecule has 0 fully saturated rings. The van der Waals surface area contributed by atoms with Crippen molar-refractivity contribution < 1.29 is 9.59 Å². The van der Waals surface area contributed by atoms with Gasteiger partial charge >= 0.3 is 0 Å². The fourth-order valence-corrected chi connectivity index (χ4v) is 1.73. The number of amides is 2. The van der Waals surface area contributed by atoms with Crippen molar-refractivity contribution in [3.63, 3.8) is 0 Å². The maximum atomic E-state index is 11.6. The average molecular weight is 239 g/mol. The molecule has 0 aromatic carbocycles. The van der Waals surface area contributed by atoms with Gasteiger partial charge in [-0.2, -0.15) is 9.47 Å². The van der Waals surface area contributed by atoms with Gasteiger partial charge in [0.25, 0.3) is 5.91 Å². The van der Waals surface area contributed by atoms with E-state index in [-0.39, 0.29) is 18.2 Å². The molecule has 2 rings (SSSR count). The van der Waals surface area contributed by atoms with Crippen molar-refractivity contribution in [1.29, 1.82) is 0 Å². The Bertz CT molecular complexity index is 467. The number of hydrogen-bond donors (Lipinski definition) is 2. The molecule has 1 aromatic rings. The van der Waals surface area contributed by atoms with Crippen LogP contribution in [0, 0.1) is 6.92 Å². The average Bonchev–Trinajstić information content (AvgIpc) is 2.65. The second-order valence-electron chi connectivity index (χ2n) is 3.19. The summed E-state index contributed by atoms with van der Waals surface area (Å²) < 4.78 is 3.93. The zero-order valence-corrected chi connectivity index (χ0v) is 9.30. The SMILES string of the molecule is Cc1nsc(NC(=O)C2=NNC(=O)CC2)n1. The van der Waals surface area contributed by atoms with Crippen LogP contribution in [0.15, 0.2) is 5.10 Å². The van der Waals surface area contributed by atoms with Crippen LogP contribution in [0.5, 0.6) is 0 Å². The number of aryl methyl sites for hydroxylation is 1. The Balaban J connectivity index is 2.01. The summed E-state index contributed by atoms with van der Waals surface area (Å²) in [6.45, 7) is 1.74. The third-order valence-electron chi connectivity index (χ3n) is 1.91. The van der Waals surface area contributed by atoms with E-state index >= 15 is 0 Å². The number of hydrazone groups is 1. The van der Waals surface area contributed by atoms with Gasteiger partial charge in [0, 0.05) is 24.4 Å². The first-order chi connectivity index (χ1) is 7.65. The Morgan fingerprint density at radius 2 is 2.31 bits per heavy atom. The second-order valence-corrected chi connectivity index (χ2v) is 3.95. The third-order valence-corrected chi connectivity index (χ3v) is 2.64. The number of nitrogens with one attached hydrogen (secondary N) is 2. The zero-order chi connectivity index (χ0) is 11.5. The summed E-state index contributed by atoms with van der Waals surface area (Å²) in [5.74, 6) is 0.0821. The van der Waals surface area contributed by atoms with Crippen molar-refractivity contribution in [2.24, 2.45) is 5.10 Å². The first kappa shape index (κ1) is 10.7. The quantitative estimate of drug-likeness (QED) is 0.762. The smallest absolute Gasteiger partial charge is 0.273 e. The van der Waals surface area contributed by atoms with Crippen LogP contribution in [0.3, 0.4) is 0 Å². The number of anilines is 1. The molecule has 0 radical (unpaired) electrons. The number of rotatable bonds is 2. The Morgan fingerprint density at radius 3 is 2.88 bits per heavy atom. The standard InChI is InChI=1S/C8H9N5O2S/c1-4-9-8(16-13-4)10-7(15)5-2-3-6(14)12-11-5/h2-3H2,1H3,(H,12,14)(H,9,10,13,15). The molecule has 0 spiro atoms. The maximum Gasteiger partial charge on any atom is 0.273 e. The van der Waals surface area contributed by atoms with Gasteiger partial charge in [0.2, 0.25) is 11.0 Å². The van der Waals surface area contributed by atoms with Crippen molar-refractivity contribution in [3.05, 3.63) is 5.82 Å². The summed E-state index contributed by atoms with van der Waals surface area (Å²) in [4.78, 5) is 26.4. The minimum Gasteiger partial charge on any atom is -0.295 e. The molecular weight excluding hydrogens is 230 g/mol. The minimum absolute atomic E-state index is 0.177. The van der Waals surface area contributed by atoms with Crippen molar-refractivity contribution in [1.82, 2.24) is 14.8 Å². The molecule has 7 nitrogen and oxygen atoms in total. The van der Waals surface area contributed by atoms with Gasteiger partial charge in [0.1, 0.15) is 11.5 Å². The van der Waals surface area contributed by atoms with Crippen LogP contribution >= 0.6 is 11.5 Å². The molecule has 8 heteroatoms. The van der Waals surface area contributed by atoms with Gasteiger partial charge < -0.3 is 0 Å². The number of hydrogen-bond acceptors (Lipinski definition) is 6. The van der Waals surface area contributed by atoms with Gasteiger partial charge in [-0.3, -0.25) is 14.9 Å². The molecule has 0 saturated carbocycles. The molecule has 2 amide bonds. The first-order valence-electron chi connectivity index (χ1n) is 4.62. The number of carbonyl (C=O) groups excluding carboxylic acids is 2. The molecule has 0 aliphatic carbocycles. The molecule has 0 saturated heterocycles. The third kappa shape index (κ3) is 2.40. The highest BCUT2D eigenvalue weighted by molar-refractivity contribution is 7.10. The topological polar surface area (TPSA) is 96.3 Å². The van der Waals surface area contributed by atoms with E-state index < -0.39 is 0 Å². The summed E-state index contributed by atoms with van der Waals surface area (Å²) in [6.07, 6.45) is 0.622. The largest absolute Gasteiger partial charge is 0.295 e. The fourth-order valence-electron chi connectivity index (χ4n) is 1.15. The van der Waals surface area contributed by atoms with Crippen molar-refractivity contribution in [2.75, 3.05) is 5.32 Å². The highest BCUT2D eigenvalue weighted by atomic mass is 32.1. The summed E-state index contributed by atoms with van der Waals surface area (Å²) in [7, 11) is 0. The Morgan fingerprint density at radius 1 is 1.50 bits per heavy atom. The summed E-state index contributed by atoms with van der Waals surface area (Å²) in [5, 5.41) is 6.68. The van der Waals surface area contributed by atoms with E-state index in [1.807, 2.05) is 0 Å². The summed E-state index contributed by atoms with van der Waals surface area (Å²) >= 11 is 1.11. The van der Waals surface area contributed by atoms with E-state index in [1.54, 1.807) is 6.92 Å². The number of carbonyl (C=O) groups is 2. The Labute approximate surface area is 95.1 Å². The lowest BCUT2D eigenvalue weighted by atomic mass is 10.2. The van der Waals surface area contributed by atoms with Gasteiger partial charge in [-0.15, -0.1) is 0 Å². The lowest BCUT2D eigenvalue weighted by molar-refractivity contribution is -0.121. The highest BCUT2D eigenvalue weighted by Crippen LogP contribution is 2.11. The van der Waals surface area contributed by atoms with Crippen molar-refractivity contribution in [2.45, 2.75) is 19.8 Å². The van der Waals surface area contributed by atoms with Crippen LogP contribution in [-0.4, -0.2) is 26.9 Å². The number of nitrogens with zero attached hydrogens (tertiary/aromatic N) is 3. The van der Waals surface area contributed by atoms with E-state index in [0.717, 1.165) is 11.5 Å². The molecule has 84 valence electrons. The van der Waals surface area contributed by atoms with Gasteiger partial charge in [-0.25, -0.2) is 10.4 Å².